The van der Waals surface area contributed by atoms with Crippen LogP contribution >= 0.6 is 0 Å². The van der Waals surface area contributed by atoms with Gasteiger partial charge in [0.2, 0.25) is 5.76 Å². The molecule has 1 N–H and O–H groups in total. The van der Waals surface area contributed by atoms with E-state index in [1.165, 1.54) is 6.20 Å². The summed E-state index contributed by atoms with van der Waals surface area (Å²) < 4.78 is 5.08. The monoisotopic (exact) mass is 196 g/mol. The molecule has 0 atom stereocenters. The third-order valence-corrected chi connectivity index (χ3v) is 1.91. The number of carbonyl (C=O) groups is 1. The van der Waals surface area contributed by atoms with Gasteiger partial charge in [0.25, 0.3) is 5.91 Å². The van der Waals surface area contributed by atoms with Crippen molar-refractivity contribution in [1.29, 1.82) is 0 Å². The number of aryl methyl sites for hydroxylation is 1. The molecule has 0 radical (unpaired) electrons. The maximum Gasteiger partial charge on any atom is 0.288 e. The number of rotatable bonds is 5. The third-order valence-electron chi connectivity index (χ3n) is 1.91. The van der Waals surface area contributed by atoms with E-state index in [2.05, 4.69) is 17.2 Å². The molecule has 78 valence electrons. The predicted octanol–water partition coefficient (Wildman–Crippen LogP) is 1.90. The second-order valence-corrected chi connectivity index (χ2v) is 3.21. The van der Waals surface area contributed by atoms with Crippen molar-refractivity contribution in [2.75, 3.05) is 6.54 Å². The molecule has 0 spiro atoms. The zero-order valence-corrected chi connectivity index (χ0v) is 8.67. The highest BCUT2D eigenvalue weighted by molar-refractivity contribution is 5.91. The Balaban J connectivity index is 2.29. The lowest BCUT2D eigenvalue weighted by Crippen LogP contribution is -2.23. The quantitative estimate of drug-likeness (QED) is 0.732. The SMILES string of the molecule is CCCCCNC(=O)c1cnc(C)o1. The van der Waals surface area contributed by atoms with E-state index in [9.17, 15) is 4.79 Å². The summed E-state index contributed by atoms with van der Waals surface area (Å²) in [7, 11) is 0. The Kier molecular flexibility index (Phi) is 4.16. The van der Waals surface area contributed by atoms with Gasteiger partial charge in [-0.3, -0.25) is 4.79 Å². The number of nitrogens with zero attached hydrogens (tertiary/aromatic N) is 1. The molecule has 0 aliphatic heterocycles. The summed E-state index contributed by atoms with van der Waals surface area (Å²) in [6.07, 6.45) is 4.74. The van der Waals surface area contributed by atoms with Crippen molar-refractivity contribution in [3.05, 3.63) is 17.8 Å². The van der Waals surface area contributed by atoms with Crippen molar-refractivity contribution >= 4 is 5.91 Å². The number of unbranched alkanes of at least 4 members (excludes halogenated alkanes) is 2. The van der Waals surface area contributed by atoms with Crippen LogP contribution in [-0.2, 0) is 0 Å². The van der Waals surface area contributed by atoms with E-state index < -0.39 is 0 Å². The van der Waals surface area contributed by atoms with Crippen LogP contribution in [0.5, 0.6) is 0 Å². The molecule has 4 nitrogen and oxygen atoms in total. The van der Waals surface area contributed by atoms with Crippen LogP contribution in [-0.4, -0.2) is 17.4 Å². The van der Waals surface area contributed by atoms with Gasteiger partial charge in [-0.15, -0.1) is 0 Å². The lowest BCUT2D eigenvalue weighted by atomic mass is 10.2. The number of hydrogen-bond donors (Lipinski definition) is 1. The van der Waals surface area contributed by atoms with E-state index in [1.807, 2.05) is 0 Å². The molecule has 0 aliphatic carbocycles. The van der Waals surface area contributed by atoms with Crippen molar-refractivity contribution < 1.29 is 9.21 Å². The minimum absolute atomic E-state index is 0.179. The van der Waals surface area contributed by atoms with E-state index in [1.54, 1.807) is 6.92 Å². The zero-order valence-electron chi connectivity index (χ0n) is 8.67. The molecule has 14 heavy (non-hydrogen) atoms. The van der Waals surface area contributed by atoms with Crippen LogP contribution in [0, 0.1) is 6.92 Å². The first-order valence-corrected chi connectivity index (χ1v) is 4.94. The lowest BCUT2D eigenvalue weighted by Gasteiger charge is -2.00. The first-order chi connectivity index (χ1) is 6.74. The van der Waals surface area contributed by atoms with E-state index in [0.717, 1.165) is 19.3 Å². The summed E-state index contributed by atoms with van der Waals surface area (Å²) in [6.45, 7) is 4.54. The largest absolute Gasteiger partial charge is 0.436 e. The fraction of sp³-hybridized carbons (Fsp3) is 0.600. The highest BCUT2D eigenvalue weighted by atomic mass is 16.4. The van der Waals surface area contributed by atoms with Crippen LogP contribution in [0.2, 0.25) is 0 Å². The Hall–Kier alpha value is -1.32. The van der Waals surface area contributed by atoms with Crippen LogP contribution in [0.25, 0.3) is 0 Å². The average molecular weight is 196 g/mol. The smallest absolute Gasteiger partial charge is 0.288 e. The summed E-state index contributed by atoms with van der Waals surface area (Å²) in [4.78, 5) is 15.2. The molecule has 1 heterocycles. The van der Waals surface area contributed by atoms with Gasteiger partial charge in [-0.1, -0.05) is 19.8 Å². The van der Waals surface area contributed by atoms with Crippen molar-refractivity contribution in [3.8, 4) is 0 Å². The maximum atomic E-state index is 11.4. The first-order valence-electron chi connectivity index (χ1n) is 4.94. The normalized spacial score (nSPS) is 10.1. The molecule has 1 aromatic rings. The number of oxazole rings is 1. The minimum atomic E-state index is -0.179. The third kappa shape index (κ3) is 3.20. The Labute approximate surface area is 83.7 Å². The second kappa shape index (κ2) is 5.42. The maximum absolute atomic E-state index is 11.4. The van der Waals surface area contributed by atoms with Gasteiger partial charge in [-0.25, -0.2) is 4.98 Å². The molecule has 0 fully saturated rings. The topological polar surface area (TPSA) is 55.1 Å². The van der Waals surface area contributed by atoms with Gasteiger partial charge in [0.15, 0.2) is 5.89 Å². The van der Waals surface area contributed by atoms with E-state index >= 15 is 0 Å². The van der Waals surface area contributed by atoms with Crippen molar-refractivity contribution in [1.82, 2.24) is 10.3 Å². The highest BCUT2D eigenvalue weighted by Gasteiger charge is 2.09. The summed E-state index contributed by atoms with van der Waals surface area (Å²) in [6, 6.07) is 0. The summed E-state index contributed by atoms with van der Waals surface area (Å²) in [5.41, 5.74) is 0. The van der Waals surface area contributed by atoms with Gasteiger partial charge < -0.3 is 9.73 Å². The Morgan fingerprint density at radius 3 is 2.93 bits per heavy atom. The summed E-state index contributed by atoms with van der Waals surface area (Å²) >= 11 is 0. The Bertz CT molecular complexity index is 294. The summed E-state index contributed by atoms with van der Waals surface area (Å²) in [5.74, 6) is 0.629. The van der Waals surface area contributed by atoms with Gasteiger partial charge in [0, 0.05) is 13.5 Å². The molecule has 4 heteroatoms. The van der Waals surface area contributed by atoms with E-state index in [0.29, 0.717) is 18.2 Å². The number of aromatic nitrogens is 1. The molecule has 0 saturated heterocycles. The molecule has 1 amide bonds. The molecule has 0 saturated carbocycles. The van der Waals surface area contributed by atoms with Crippen molar-refractivity contribution in [2.45, 2.75) is 33.1 Å². The molecule has 1 rings (SSSR count). The molecular formula is C10H16N2O2. The first kappa shape index (κ1) is 10.8. The van der Waals surface area contributed by atoms with Crippen LogP contribution in [0.3, 0.4) is 0 Å². The minimum Gasteiger partial charge on any atom is -0.436 e. The molecule has 0 bridgehead atoms. The summed E-state index contributed by atoms with van der Waals surface area (Å²) in [5, 5.41) is 2.77. The van der Waals surface area contributed by atoms with E-state index in [4.69, 9.17) is 4.42 Å². The number of hydrogen-bond acceptors (Lipinski definition) is 3. The number of nitrogens with one attached hydrogen (secondary N) is 1. The van der Waals surface area contributed by atoms with Gasteiger partial charge in [0.05, 0.1) is 6.20 Å². The number of amides is 1. The molecule has 0 unspecified atom stereocenters. The fourth-order valence-electron chi connectivity index (χ4n) is 1.13. The van der Waals surface area contributed by atoms with Crippen LogP contribution in [0.1, 0.15) is 42.6 Å². The van der Waals surface area contributed by atoms with Gasteiger partial charge in [-0.2, -0.15) is 0 Å². The zero-order chi connectivity index (χ0) is 10.4. The van der Waals surface area contributed by atoms with Crippen molar-refractivity contribution in [2.24, 2.45) is 0 Å². The Morgan fingerprint density at radius 2 is 2.36 bits per heavy atom. The van der Waals surface area contributed by atoms with Crippen LogP contribution < -0.4 is 5.32 Å². The lowest BCUT2D eigenvalue weighted by molar-refractivity contribution is 0.0924. The fourth-order valence-corrected chi connectivity index (χ4v) is 1.13. The van der Waals surface area contributed by atoms with Crippen molar-refractivity contribution in [3.63, 3.8) is 0 Å². The molecule has 0 aliphatic rings. The molecule has 0 aromatic carbocycles. The van der Waals surface area contributed by atoms with Gasteiger partial charge in [-0.05, 0) is 6.42 Å². The average Bonchev–Trinajstić information content (AvgIpc) is 2.59. The second-order valence-electron chi connectivity index (χ2n) is 3.21. The molecular weight excluding hydrogens is 180 g/mol. The van der Waals surface area contributed by atoms with Crippen LogP contribution in [0.15, 0.2) is 10.6 Å². The van der Waals surface area contributed by atoms with Gasteiger partial charge >= 0.3 is 0 Å². The number of carbonyl (C=O) groups excluding carboxylic acids is 1. The van der Waals surface area contributed by atoms with Crippen LogP contribution in [0.4, 0.5) is 0 Å². The Morgan fingerprint density at radius 1 is 1.57 bits per heavy atom. The van der Waals surface area contributed by atoms with E-state index in [-0.39, 0.29) is 5.91 Å². The highest BCUT2D eigenvalue weighted by Crippen LogP contribution is 2.01. The predicted molar refractivity (Wildman–Crippen MR) is 53.1 cm³/mol. The van der Waals surface area contributed by atoms with Gasteiger partial charge in [0.1, 0.15) is 0 Å². The molecule has 1 aromatic heterocycles. The standard InChI is InChI=1S/C10H16N2O2/c1-3-4-5-6-11-10(13)9-7-12-8(2)14-9/h7H,3-6H2,1-2H3,(H,11,13).